The zero-order chi connectivity index (χ0) is 15.9. The molecule has 1 amide bonds. The number of alkyl halides is 2. The van der Waals surface area contributed by atoms with Crippen LogP contribution in [0.4, 0.5) is 8.78 Å². The van der Waals surface area contributed by atoms with E-state index in [1.165, 1.54) is 9.36 Å². The molecule has 0 saturated heterocycles. The van der Waals surface area contributed by atoms with Gasteiger partial charge >= 0.3 is 0 Å². The summed E-state index contributed by atoms with van der Waals surface area (Å²) in [5.74, 6) is -2.93. The molecule has 0 aliphatic heterocycles. The van der Waals surface area contributed by atoms with Gasteiger partial charge in [0.15, 0.2) is 5.82 Å². The van der Waals surface area contributed by atoms with Gasteiger partial charge in [0.1, 0.15) is 5.56 Å². The van der Waals surface area contributed by atoms with Crippen LogP contribution >= 0.6 is 0 Å². The Kier molecular flexibility index (Phi) is 3.46. The summed E-state index contributed by atoms with van der Waals surface area (Å²) >= 11 is 0. The fraction of sp³-hybridized carbons (Fsp3) is 0.500. The summed E-state index contributed by atoms with van der Waals surface area (Å²) in [6.45, 7) is 1.68. The molecule has 0 spiro atoms. The van der Waals surface area contributed by atoms with E-state index in [9.17, 15) is 13.6 Å². The minimum absolute atomic E-state index is 0.185. The number of carbonyl (C=O) groups is 1. The first kappa shape index (κ1) is 14.7. The second kappa shape index (κ2) is 5.19. The third-order valence-corrected chi connectivity index (χ3v) is 3.96. The first-order valence-electron chi connectivity index (χ1n) is 7.12. The van der Waals surface area contributed by atoms with E-state index in [-0.39, 0.29) is 18.4 Å². The largest absolute Gasteiger partial charge is 0.343 e. The lowest BCUT2D eigenvalue weighted by Gasteiger charge is -2.20. The van der Waals surface area contributed by atoms with Crippen molar-refractivity contribution in [3.05, 3.63) is 29.7 Å². The van der Waals surface area contributed by atoms with Crippen molar-refractivity contribution >= 4 is 5.91 Å². The molecule has 6 nitrogen and oxygen atoms in total. The Bertz CT molecular complexity index is 692. The number of carbonyl (C=O) groups excluding carboxylic acids is 1. The van der Waals surface area contributed by atoms with Crippen molar-refractivity contribution in [2.75, 3.05) is 0 Å². The molecule has 2 aromatic rings. The molecule has 0 aromatic carbocycles. The van der Waals surface area contributed by atoms with Crippen LogP contribution in [-0.4, -0.2) is 37.4 Å². The second-order valence-electron chi connectivity index (χ2n) is 5.54. The molecule has 1 aliphatic carbocycles. The Morgan fingerprint density at radius 2 is 2.27 bits per heavy atom. The van der Waals surface area contributed by atoms with Crippen LogP contribution in [0.15, 0.2) is 18.5 Å². The van der Waals surface area contributed by atoms with Crippen molar-refractivity contribution in [3.8, 4) is 5.82 Å². The van der Waals surface area contributed by atoms with Crippen molar-refractivity contribution in [2.45, 2.75) is 38.2 Å². The number of nitrogens with one attached hydrogen (secondary N) is 1. The van der Waals surface area contributed by atoms with E-state index >= 15 is 0 Å². The van der Waals surface area contributed by atoms with Crippen LogP contribution in [0.25, 0.3) is 5.82 Å². The molecule has 1 aliphatic rings. The average Bonchev–Trinajstić information content (AvgIpc) is 3.11. The highest BCUT2D eigenvalue weighted by molar-refractivity contribution is 5.98. The van der Waals surface area contributed by atoms with Crippen LogP contribution < -0.4 is 5.32 Å². The van der Waals surface area contributed by atoms with E-state index in [1.807, 2.05) is 0 Å². The van der Waals surface area contributed by atoms with Gasteiger partial charge in [-0.2, -0.15) is 10.2 Å². The number of hydrogen-bond donors (Lipinski definition) is 1. The molecular weight excluding hydrogens is 292 g/mol. The smallest absolute Gasteiger partial charge is 0.267 e. The van der Waals surface area contributed by atoms with Gasteiger partial charge in [0.25, 0.3) is 11.8 Å². The zero-order valence-electron chi connectivity index (χ0n) is 12.4. The van der Waals surface area contributed by atoms with Gasteiger partial charge in [0.2, 0.25) is 0 Å². The van der Waals surface area contributed by atoms with Crippen LogP contribution in [0.2, 0.25) is 0 Å². The number of amides is 1. The monoisotopic (exact) mass is 309 g/mol. The maximum absolute atomic E-state index is 13.7. The number of nitrogens with zero attached hydrogens (tertiary/aromatic N) is 4. The molecule has 118 valence electrons. The highest BCUT2D eigenvalue weighted by Gasteiger charge is 2.45. The van der Waals surface area contributed by atoms with Crippen molar-refractivity contribution < 1.29 is 13.6 Å². The minimum atomic E-state index is -2.85. The van der Waals surface area contributed by atoms with Crippen LogP contribution in [0.3, 0.4) is 0 Å². The maximum atomic E-state index is 13.7. The number of aryl methyl sites for hydroxylation is 2. The Morgan fingerprint density at radius 3 is 2.86 bits per heavy atom. The standard InChI is InChI=1S/C14H17F2N5O/c1-9-11(12(22)18-10-5-3-6-14(10,15)16)13(20(2)19-9)21-8-4-7-17-21/h4,7-8,10H,3,5-6H2,1-2H3,(H,18,22). The summed E-state index contributed by atoms with van der Waals surface area (Å²) < 4.78 is 30.4. The number of rotatable bonds is 3. The van der Waals surface area contributed by atoms with E-state index < -0.39 is 17.9 Å². The van der Waals surface area contributed by atoms with Crippen molar-refractivity contribution in [2.24, 2.45) is 7.05 Å². The highest BCUT2D eigenvalue weighted by Crippen LogP contribution is 2.35. The first-order valence-corrected chi connectivity index (χ1v) is 7.12. The van der Waals surface area contributed by atoms with Crippen LogP contribution in [0.1, 0.15) is 35.3 Å². The van der Waals surface area contributed by atoms with E-state index in [0.29, 0.717) is 17.9 Å². The van der Waals surface area contributed by atoms with Crippen LogP contribution in [0, 0.1) is 6.92 Å². The van der Waals surface area contributed by atoms with Gasteiger partial charge in [0, 0.05) is 25.9 Å². The zero-order valence-corrected chi connectivity index (χ0v) is 12.4. The quantitative estimate of drug-likeness (QED) is 0.941. The van der Waals surface area contributed by atoms with E-state index in [0.717, 1.165) is 0 Å². The van der Waals surface area contributed by atoms with Gasteiger partial charge in [0.05, 0.1) is 11.7 Å². The molecular formula is C14H17F2N5O. The molecule has 1 N–H and O–H groups in total. The Hall–Kier alpha value is -2.25. The third-order valence-electron chi connectivity index (χ3n) is 3.96. The Morgan fingerprint density at radius 1 is 1.50 bits per heavy atom. The molecule has 3 rings (SSSR count). The average molecular weight is 309 g/mol. The van der Waals surface area contributed by atoms with Gasteiger partial charge in [-0.15, -0.1) is 0 Å². The molecule has 8 heteroatoms. The SMILES string of the molecule is Cc1nn(C)c(-n2cccn2)c1C(=O)NC1CCCC1(F)F. The summed E-state index contributed by atoms with van der Waals surface area (Å²) in [4.78, 5) is 12.5. The van der Waals surface area contributed by atoms with Gasteiger partial charge in [-0.3, -0.25) is 4.79 Å². The Labute approximate surface area is 126 Å². The van der Waals surface area contributed by atoms with Crippen molar-refractivity contribution in [1.29, 1.82) is 0 Å². The van der Waals surface area contributed by atoms with Gasteiger partial charge in [-0.1, -0.05) is 0 Å². The summed E-state index contributed by atoms with van der Waals surface area (Å²) in [6.07, 6.45) is 3.77. The maximum Gasteiger partial charge on any atom is 0.267 e. The van der Waals surface area contributed by atoms with Crippen molar-refractivity contribution in [1.82, 2.24) is 24.9 Å². The normalized spacial score (nSPS) is 20.3. The van der Waals surface area contributed by atoms with Gasteiger partial charge < -0.3 is 5.32 Å². The predicted octanol–water partition coefficient (Wildman–Crippen LogP) is 1.83. The molecule has 2 heterocycles. The first-order chi connectivity index (χ1) is 10.4. The summed E-state index contributed by atoms with van der Waals surface area (Å²) in [5, 5.41) is 10.8. The molecule has 22 heavy (non-hydrogen) atoms. The second-order valence-corrected chi connectivity index (χ2v) is 5.54. The molecule has 0 radical (unpaired) electrons. The summed E-state index contributed by atoms with van der Waals surface area (Å²) in [6, 6.07) is 0.597. The fourth-order valence-electron chi connectivity index (χ4n) is 2.90. The third kappa shape index (κ3) is 2.38. The summed E-state index contributed by atoms with van der Waals surface area (Å²) in [7, 11) is 1.69. The minimum Gasteiger partial charge on any atom is -0.343 e. The lowest BCUT2D eigenvalue weighted by atomic mass is 10.1. The molecule has 1 atom stereocenters. The van der Waals surface area contributed by atoms with Crippen LogP contribution in [-0.2, 0) is 7.05 Å². The van der Waals surface area contributed by atoms with E-state index in [4.69, 9.17) is 0 Å². The predicted molar refractivity (Wildman–Crippen MR) is 75.1 cm³/mol. The molecule has 1 unspecified atom stereocenters. The fourth-order valence-corrected chi connectivity index (χ4v) is 2.90. The lowest BCUT2D eigenvalue weighted by Crippen LogP contribution is -2.44. The molecule has 2 aromatic heterocycles. The highest BCUT2D eigenvalue weighted by atomic mass is 19.3. The van der Waals surface area contributed by atoms with Crippen molar-refractivity contribution in [3.63, 3.8) is 0 Å². The molecule has 1 fully saturated rings. The van der Waals surface area contributed by atoms with Crippen LogP contribution in [0.5, 0.6) is 0 Å². The lowest BCUT2D eigenvalue weighted by molar-refractivity contribution is -0.0164. The topological polar surface area (TPSA) is 64.7 Å². The van der Waals surface area contributed by atoms with E-state index in [1.54, 1.807) is 32.4 Å². The molecule has 1 saturated carbocycles. The van der Waals surface area contributed by atoms with Gasteiger partial charge in [-0.25, -0.2) is 18.1 Å². The Balaban J connectivity index is 1.93. The number of halogens is 2. The number of hydrogen-bond acceptors (Lipinski definition) is 3. The van der Waals surface area contributed by atoms with E-state index in [2.05, 4.69) is 15.5 Å². The summed E-state index contributed by atoms with van der Waals surface area (Å²) in [5.41, 5.74) is 0.751. The van der Waals surface area contributed by atoms with Gasteiger partial charge in [-0.05, 0) is 25.8 Å². The number of aromatic nitrogens is 4. The molecule has 0 bridgehead atoms.